The molecule has 0 radical (unpaired) electrons. The van der Waals surface area contributed by atoms with Gasteiger partial charge < -0.3 is 20.1 Å². The average Bonchev–Trinajstić information content (AvgIpc) is 2.69. The molecule has 0 aliphatic carbocycles. The number of carbonyl (C=O) groups excluding carboxylic acids is 1. The maximum absolute atomic E-state index is 13.4. The second-order valence-electron chi connectivity index (χ2n) is 8.31. The lowest BCUT2D eigenvalue weighted by atomic mass is 10.0. The molecular formula is C22H30N4O4. The number of rotatable bonds is 5. The molecule has 2 aromatic rings. The predicted molar refractivity (Wildman–Crippen MR) is 114 cm³/mol. The van der Waals surface area contributed by atoms with Crippen molar-refractivity contribution in [2.75, 3.05) is 25.5 Å². The van der Waals surface area contributed by atoms with Crippen molar-refractivity contribution in [2.24, 2.45) is 0 Å². The van der Waals surface area contributed by atoms with Gasteiger partial charge in [0.05, 0.1) is 24.9 Å². The van der Waals surface area contributed by atoms with Gasteiger partial charge in [0, 0.05) is 18.7 Å². The van der Waals surface area contributed by atoms with Gasteiger partial charge in [-0.25, -0.2) is 9.78 Å². The molecule has 162 valence electrons. The van der Waals surface area contributed by atoms with Crippen LogP contribution in [-0.4, -0.2) is 45.9 Å². The summed E-state index contributed by atoms with van der Waals surface area (Å²) in [4.78, 5) is 31.8. The van der Waals surface area contributed by atoms with Gasteiger partial charge in [-0.15, -0.1) is 0 Å². The largest absolute Gasteiger partial charge is 0.444 e. The minimum absolute atomic E-state index is 0.110. The molecule has 1 aliphatic heterocycles. The molecule has 3 rings (SSSR count). The van der Waals surface area contributed by atoms with Gasteiger partial charge in [0.15, 0.2) is 0 Å². The Balaban J connectivity index is 1.95. The van der Waals surface area contributed by atoms with E-state index in [1.165, 1.54) is 4.57 Å². The van der Waals surface area contributed by atoms with E-state index in [0.717, 1.165) is 5.56 Å². The number of aromatic nitrogens is 2. The summed E-state index contributed by atoms with van der Waals surface area (Å²) in [5.74, 6) is 0.110. The number of hydrogen-bond donors (Lipinski definition) is 1. The molecule has 0 saturated carbocycles. The van der Waals surface area contributed by atoms with Gasteiger partial charge in [-0.2, -0.15) is 0 Å². The van der Waals surface area contributed by atoms with Gasteiger partial charge >= 0.3 is 6.09 Å². The summed E-state index contributed by atoms with van der Waals surface area (Å²) in [7, 11) is 0. The summed E-state index contributed by atoms with van der Waals surface area (Å²) in [5, 5.41) is 0. The van der Waals surface area contributed by atoms with Crippen LogP contribution in [0, 0.1) is 0 Å². The van der Waals surface area contributed by atoms with E-state index in [9.17, 15) is 9.59 Å². The van der Waals surface area contributed by atoms with Crippen molar-refractivity contribution < 1.29 is 14.3 Å². The van der Waals surface area contributed by atoms with Crippen molar-refractivity contribution in [3.8, 4) is 0 Å². The summed E-state index contributed by atoms with van der Waals surface area (Å²) in [5.41, 5.74) is 7.50. The molecule has 30 heavy (non-hydrogen) atoms. The van der Waals surface area contributed by atoms with E-state index in [-0.39, 0.29) is 24.1 Å². The van der Waals surface area contributed by atoms with Crippen molar-refractivity contribution in [2.45, 2.75) is 52.3 Å². The van der Waals surface area contributed by atoms with Crippen LogP contribution >= 0.6 is 0 Å². The molecule has 1 aliphatic rings. The summed E-state index contributed by atoms with van der Waals surface area (Å²) in [6.45, 7) is 8.80. The lowest BCUT2D eigenvalue weighted by molar-refractivity contribution is 0.0220. The summed E-state index contributed by atoms with van der Waals surface area (Å²) >= 11 is 0. The minimum atomic E-state index is -0.588. The SMILES string of the molecule is CCOCC(c1ccccc1)n1c(N)nc2c(c1=O)CCN(C(=O)OC(C)(C)C)C2. The number of anilines is 1. The summed E-state index contributed by atoms with van der Waals surface area (Å²) < 4.78 is 12.6. The number of hydrogen-bond acceptors (Lipinski definition) is 6. The lowest BCUT2D eigenvalue weighted by Crippen LogP contribution is -2.44. The van der Waals surface area contributed by atoms with Crippen molar-refractivity contribution in [3.05, 3.63) is 57.5 Å². The number of nitrogens with two attached hydrogens (primary N) is 1. The van der Waals surface area contributed by atoms with Crippen LogP contribution in [0.3, 0.4) is 0 Å². The van der Waals surface area contributed by atoms with Crippen LogP contribution in [-0.2, 0) is 22.4 Å². The number of benzene rings is 1. The van der Waals surface area contributed by atoms with E-state index in [1.54, 1.807) is 4.90 Å². The maximum atomic E-state index is 13.4. The zero-order chi connectivity index (χ0) is 21.9. The monoisotopic (exact) mass is 414 g/mol. The zero-order valence-corrected chi connectivity index (χ0v) is 18.1. The number of nitrogen functional groups attached to an aromatic ring is 1. The average molecular weight is 415 g/mol. The van der Waals surface area contributed by atoms with Gasteiger partial charge in [-0.05, 0) is 39.7 Å². The zero-order valence-electron chi connectivity index (χ0n) is 18.1. The van der Waals surface area contributed by atoms with Crippen molar-refractivity contribution >= 4 is 12.0 Å². The van der Waals surface area contributed by atoms with E-state index >= 15 is 0 Å². The first-order valence-corrected chi connectivity index (χ1v) is 10.2. The third-order valence-electron chi connectivity index (χ3n) is 4.92. The first-order chi connectivity index (χ1) is 14.2. The van der Waals surface area contributed by atoms with Crippen molar-refractivity contribution in [1.82, 2.24) is 14.5 Å². The Morgan fingerprint density at radius 2 is 1.97 bits per heavy atom. The third-order valence-corrected chi connectivity index (χ3v) is 4.92. The molecular weight excluding hydrogens is 384 g/mol. The van der Waals surface area contributed by atoms with Crippen LogP contribution in [0.5, 0.6) is 0 Å². The standard InChI is InChI=1S/C22H30N4O4/c1-5-29-14-18(15-9-7-6-8-10-15)26-19(27)16-11-12-25(13-17(16)24-20(26)23)21(28)30-22(2,3)4/h6-10,18H,5,11-14H2,1-4H3,(H2,23,24). The lowest BCUT2D eigenvalue weighted by Gasteiger charge is -2.31. The van der Waals surface area contributed by atoms with Crippen molar-refractivity contribution in [1.29, 1.82) is 0 Å². The Kier molecular flexibility index (Phi) is 6.45. The van der Waals surface area contributed by atoms with Gasteiger partial charge in [-0.1, -0.05) is 30.3 Å². The molecule has 1 aromatic carbocycles. The molecule has 8 nitrogen and oxygen atoms in total. The number of amides is 1. The smallest absolute Gasteiger partial charge is 0.410 e. The fourth-order valence-electron chi connectivity index (χ4n) is 3.53. The fraction of sp³-hybridized carbons (Fsp3) is 0.500. The van der Waals surface area contributed by atoms with Crippen LogP contribution in [0.25, 0.3) is 0 Å². The minimum Gasteiger partial charge on any atom is -0.444 e. The molecule has 0 spiro atoms. The highest BCUT2D eigenvalue weighted by Gasteiger charge is 2.30. The van der Waals surface area contributed by atoms with Gasteiger partial charge in [0.25, 0.3) is 5.56 Å². The van der Waals surface area contributed by atoms with Gasteiger partial charge in [0.2, 0.25) is 5.95 Å². The highest BCUT2D eigenvalue weighted by atomic mass is 16.6. The number of ether oxygens (including phenoxy) is 2. The molecule has 1 atom stereocenters. The Labute approximate surface area is 176 Å². The highest BCUT2D eigenvalue weighted by molar-refractivity contribution is 5.68. The molecule has 8 heteroatoms. The van der Waals surface area contributed by atoms with Crippen LogP contribution in [0.1, 0.15) is 50.6 Å². The van der Waals surface area contributed by atoms with E-state index < -0.39 is 11.7 Å². The number of nitrogens with zero attached hydrogens (tertiary/aromatic N) is 3. The van der Waals surface area contributed by atoms with Gasteiger partial charge in [-0.3, -0.25) is 9.36 Å². The van der Waals surface area contributed by atoms with Crippen molar-refractivity contribution in [3.63, 3.8) is 0 Å². The quantitative estimate of drug-likeness (QED) is 0.808. The molecule has 0 saturated heterocycles. The number of carbonyl (C=O) groups is 1. The third kappa shape index (κ3) is 4.81. The summed E-state index contributed by atoms with van der Waals surface area (Å²) in [6, 6.07) is 9.27. The molecule has 2 heterocycles. The van der Waals surface area contributed by atoms with Crippen LogP contribution in [0.2, 0.25) is 0 Å². The molecule has 1 unspecified atom stereocenters. The second kappa shape index (κ2) is 8.87. The Bertz CT molecular complexity index is 950. The van der Waals surface area contributed by atoms with Gasteiger partial charge in [0.1, 0.15) is 5.60 Å². The summed E-state index contributed by atoms with van der Waals surface area (Å²) in [6.07, 6.45) is -0.0205. The normalized spacial score (nSPS) is 14.9. The molecule has 1 amide bonds. The van der Waals surface area contributed by atoms with E-state index in [2.05, 4.69) is 4.98 Å². The molecule has 1 aromatic heterocycles. The Hall–Kier alpha value is -2.87. The fourth-order valence-corrected chi connectivity index (χ4v) is 3.53. The maximum Gasteiger partial charge on any atom is 0.410 e. The first-order valence-electron chi connectivity index (χ1n) is 10.2. The van der Waals surface area contributed by atoms with E-state index in [1.807, 2.05) is 58.0 Å². The van der Waals surface area contributed by atoms with Crippen LogP contribution < -0.4 is 11.3 Å². The van der Waals surface area contributed by atoms with E-state index in [0.29, 0.717) is 37.4 Å². The second-order valence-corrected chi connectivity index (χ2v) is 8.31. The van der Waals surface area contributed by atoms with Crippen LogP contribution in [0.15, 0.2) is 35.1 Å². The Morgan fingerprint density at radius 1 is 1.27 bits per heavy atom. The molecule has 0 fully saturated rings. The Morgan fingerprint density at radius 3 is 2.60 bits per heavy atom. The van der Waals surface area contributed by atoms with E-state index in [4.69, 9.17) is 15.2 Å². The molecule has 2 N–H and O–H groups in total. The topological polar surface area (TPSA) is 99.7 Å². The first kappa shape index (κ1) is 21.8. The highest BCUT2D eigenvalue weighted by Crippen LogP contribution is 2.23. The van der Waals surface area contributed by atoms with Crippen LogP contribution in [0.4, 0.5) is 10.7 Å². The molecule has 0 bridgehead atoms. The predicted octanol–water partition coefficient (Wildman–Crippen LogP) is 2.74. The number of fused-ring (bicyclic) bond motifs is 1.